The van der Waals surface area contributed by atoms with Crippen molar-refractivity contribution in [2.75, 3.05) is 6.61 Å². The second-order valence-corrected chi connectivity index (χ2v) is 8.32. The number of para-hydroxylation sites is 1. The zero-order valence-corrected chi connectivity index (χ0v) is 19.8. The van der Waals surface area contributed by atoms with E-state index in [1.54, 1.807) is 40.5 Å². The molecule has 8 nitrogen and oxygen atoms in total. The third-order valence-electron chi connectivity index (χ3n) is 5.98. The number of hydrogen-bond donors (Lipinski definition) is 2. The van der Waals surface area contributed by atoms with E-state index in [2.05, 4.69) is 27.2 Å². The highest BCUT2D eigenvalue weighted by Gasteiger charge is 2.23. The molecule has 3 aromatic heterocycles. The minimum absolute atomic E-state index is 0.258. The first-order valence-corrected chi connectivity index (χ1v) is 11.4. The Morgan fingerprint density at radius 3 is 2.72 bits per heavy atom. The van der Waals surface area contributed by atoms with Crippen molar-refractivity contribution in [1.29, 1.82) is 0 Å². The van der Waals surface area contributed by atoms with Gasteiger partial charge in [-0.25, -0.2) is 9.50 Å². The predicted octanol–water partition coefficient (Wildman–Crippen LogP) is 3.18. The zero-order valence-electron chi connectivity index (χ0n) is 19.8. The van der Waals surface area contributed by atoms with Gasteiger partial charge in [0, 0.05) is 29.3 Å². The molecule has 0 unspecified atom stereocenters. The Morgan fingerprint density at radius 1 is 1.14 bits per heavy atom. The van der Waals surface area contributed by atoms with Crippen LogP contribution in [-0.4, -0.2) is 36.8 Å². The van der Waals surface area contributed by atoms with Crippen molar-refractivity contribution in [2.24, 2.45) is 0 Å². The smallest absolute Gasteiger partial charge is 0.264 e. The molecule has 0 bridgehead atoms. The average molecular weight is 478 g/mol. The Labute approximate surface area is 206 Å². The molecule has 2 N–H and O–H groups in total. The number of carbonyl (C=O) groups excluding carboxylic acids is 1. The lowest BCUT2D eigenvalue weighted by Crippen LogP contribution is -2.32. The summed E-state index contributed by atoms with van der Waals surface area (Å²) in [5.74, 6) is 5.18. The molecule has 1 atom stereocenters. The number of fused-ring (bicyclic) bond motifs is 2. The molecule has 178 valence electrons. The van der Waals surface area contributed by atoms with Crippen LogP contribution in [0.15, 0.2) is 77.9 Å². The maximum Gasteiger partial charge on any atom is 0.264 e. The first kappa shape index (κ1) is 23.0. The van der Waals surface area contributed by atoms with Crippen LogP contribution in [0.3, 0.4) is 0 Å². The van der Waals surface area contributed by atoms with Gasteiger partial charge in [0.2, 0.25) is 0 Å². The highest BCUT2D eigenvalue weighted by molar-refractivity contribution is 6.01. The van der Waals surface area contributed by atoms with Gasteiger partial charge in [-0.3, -0.25) is 14.2 Å². The van der Waals surface area contributed by atoms with Crippen LogP contribution >= 0.6 is 0 Å². The number of aromatic nitrogens is 4. The number of amides is 1. The molecule has 5 aromatic rings. The van der Waals surface area contributed by atoms with E-state index < -0.39 is 6.04 Å². The molecule has 0 saturated carbocycles. The fourth-order valence-electron chi connectivity index (χ4n) is 4.39. The number of aliphatic hydroxyl groups excluding tert-OH is 1. The number of benzene rings is 2. The minimum atomic E-state index is -0.528. The van der Waals surface area contributed by atoms with E-state index in [1.807, 2.05) is 55.5 Å². The molecule has 8 heteroatoms. The lowest BCUT2D eigenvalue weighted by Gasteiger charge is -2.21. The summed E-state index contributed by atoms with van der Waals surface area (Å²) in [5, 5.41) is 17.7. The van der Waals surface area contributed by atoms with Crippen LogP contribution < -0.4 is 10.9 Å². The molecule has 36 heavy (non-hydrogen) atoms. The van der Waals surface area contributed by atoms with Crippen molar-refractivity contribution in [2.45, 2.75) is 19.9 Å². The monoisotopic (exact) mass is 477 g/mol. The molecule has 3 heterocycles. The number of rotatable bonds is 4. The number of nitrogens with zero attached hydrogens (tertiary/aromatic N) is 4. The second kappa shape index (κ2) is 9.49. The summed E-state index contributed by atoms with van der Waals surface area (Å²) in [6, 6.07) is 17.8. The van der Waals surface area contributed by atoms with E-state index in [1.165, 1.54) is 0 Å². The predicted molar refractivity (Wildman–Crippen MR) is 137 cm³/mol. The molecule has 0 radical (unpaired) electrons. The van der Waals surface area contributed by atoms with Gasteiger partial charge in [0.15, 0.2) is 5.65 Å². The van der Waals surface area contributed by atoms with Crippen molar-refractivity contribution < 1.29 is 9.90 Å². The van der Waals surface area contributed by atoms with Crippen LogP contribution in [0.25, 0.3) is 22.1 Å². The molecule has 0 aliphatic carbocycles. The summed E-state index contributed by atoms with van der Waals surface area (Å²) in [6.07, 6.45) is 3.35. The molecule has 0 spiro atoms. The topological polar surface area (TPSA) is 102 Å². The summed E-state index contributed by atoms with van der Waals surface area (Å²) in [7, 11) is 0. The Balaban J connectivity index is 1.66. The normalized spacial score (nSPS) is 11.8. The Morgan fingerprint density at radius 2 is 1.94 bits per heavy atom. The molecule has 2 aromatic carbocycles. The van der Waals surface area contributed by atoms with E-state index in [0.29, 0.717) is 44.6 Å². The van der Waals surface area contributed by atoms with Gasteiger partial charge < -0.3 is 10.4 Å². The Kier molecular flexibility index (Phi) is 6.07. The Bertz CT molecular complexity index is 1730. The lowest BCUT2D eigenvalue weighted by molar-refractivity contribution is 0.0939. The molecule has 0 aliphatic heterocycles. The summed E-state index contributed by atoms with van der Waals surface area (Å²) in [6.45, 7) is 3.29. The number of aryl methyl sites for hydroxylation is 1. The summed E-state index contributed by atoms with van der Waals surface area (Å²) >= 11 is 0. The zero-order chi connectivity index (χ0) is 25.2. The van der Waals surface area contributed by atoms with Gasteiger partial charge >= 0.3 is 0 Å². The second-order valence-electron chi connectivity index (χ2n) is 8.32. The number of pyridine rings is 1. The number of nitrogens with one attached hydrogen (secondary N) is 1. The fourth-order valence-corrected chi connectivity index (χ4v) is 4.39. The van der Waals surface area contributed by atoms with Crippen LogP contribution in [0.1, 0.15) is 40.3 Å². The van der Waals surface area contributed by atoms with Gasteiger partial charge in [0.1, 0.15) is 12.2 Å². The van der Waals surface area contributed by atoms with Gasteiger partial charge in [0.05, 0.1) is 17.1 Å². The Hall–Kier alpha value is -4.74. The summed E-state index contributed by atoms with van der Waals surface area (Å²) in [5.41, 5.74) is 2.97. The van der Waals surface area contributed by atoms with Crippen molar-refractivity contribution >= 4 is 22.3 Å². The molecule has 0 fully saturated rings. The highest BCUT2D eigenvalue weighted by Crippen LogP contribution is 2.24. The van der Waals surface area contributed by atoms with E-state index in [0.717, 1.165) is 0 Å². The van der Waals surface area contributed by atoms with Gasteiger partial charge in [-0.1, -0.05) is 42.2 Å². The average Bonchev–Trinajstić information content (AvgIpc) is 3.23. The molecule has 0 aliphatic rings. The van der Waals surface area contributed by atoms with Gasteiger partial charge in [-0.15, -0.1) is 0 Å². The van der Waals surface area contributed by atoms with Crippen LogP contribution in [0, 0.1) is 18.8 Å². The van der Waals surface area contributed by atoms with Crippen LogP contribution in [0.5, 0.6) is 0 Å². The SMILES string of the molecule is Cc1nn2cccnc2c1C(=O)N[C@@H](C)c1cc2cccc(C#CCO)c2c(=O)n1-c1ccccc1. The van der Waals surface area contributed by atoms with E-state index in [-0.39, 0.29) is 18.1 Å². The summed E-state index contributed by atoms with van der Waals surface area (Å²) in [4.78, 5) is 31.5. The quantitative estimate of drug-likeness (QED) is 0.387. The fraction of sp³-hybridized carbons (Fsp3) is 0.143. The first-order valence-electron chi connectivity index (χ1n) is 11.4. The number of aliphatic hydroxyl groups is 1. The van der Waals surface area contributed by atoms with Crippen molar-refractivity contribution in [3.05, 3.63) is 106 Å². The van der Waals surface area contributed by atoms with Gasteiger partial charge in [-0.2, -0.15) is 5.10 Å². The van der Waals surface area contributed by atoms with E-state index >= 15 is 0 Å². The highest BCUT2D eigenvalue weighted by atomic mass is 16.2. The molecule has 0 saturated heterocycles. The maximum absolute atomic E-state index is 13.9. The standard InChI is InChI=1S/C28H23N5O3/c1-18(30-27(35)24-19(2)31-32-15-8-14-29-26(24)32)23-17-21-10-6-9-20(11-7-16-34)25(21)28(36)33(23)22-12-4-3-5-13-22/h3-6,8-10,12-15,17-18,34H,16H2,1-2H3,(H,30,35)/t18-/m0/s1. The molecule has 1 amide bonds. The number of carbonyl (C=O) groups is 1. The third kappa shape index (κ3) is 4.02. The van der Waals surface area contributed by atoms with Crippen molar-refractivity contribution in [3.8, 4) is 17.5 Å². The largest absolute Gasteiger partial charge is 0.384 e. The van der Waals surface area contributed by atoms with Crippen LogP contribution in [0.4, 0.5) is 0 Å². The van der Waals surface area contributed by atoms with Crippen LogP contribution in [-0.2, 0) is 0 Å². The van der Waals surface area contributed by atoms with Crippen molar-refractivity contribution in [3.63, 3.8) is 0 Å². The molecular weight excluding hydrogens is 454 g/mol. The third-order valence-corrected chi connectivity index (χ3v) is 5.98. The van der Waals surface area contributed by atoms with Gasteiger partial charge in [0.25, 0.3) is 11.5 Å². The molecule has 5 rings (SSSR count). The van der Waals surface area contributed by atoms with Gasteiger partial charge in [-0.05, 0) is 49.6 Å². The van der Waals surface area contributed by atoms with E-state index in [9.17, 15) is 9.59 Å². The molecular formula is C28H23N5O3. The lowest BCUT2D eigenvalue weighted by atomic mass is 10.0. The number of hydrogen-bond acceptors (Lipinski definition) is 5. The van der Waals surface area contributed by atoms with E-state index in [4.69, 9.17) is 5.11 Å². The van der Waals surface area contributed by atoms with Crippen LogP contribution in [0.2, 0.25) is 0 Å². The van der Waals surface area contributed by atoms with Crippen molar-refractivity contribution in [1.82, 2.24) is 24.5 Å². The maximum atomic E-state index is 13.9. The first-order chi connectivity index (χ1) is 17.5. The summed E-state index contributed by atoms with van der Waals surface area (Å²) < 4.78 is 3.17. The minimum Gasteiger partial charge on any atom is -0.384 e.